The zero-order valence-corrected chi connectivity index (χ0v) is 33.9. The van der Waals surface area contributed by atoms with Crippen LogP contribution in [-0.2, 0) is 33.2 Å². The molecule has 10 rings (SSSR count). The van der Waals surface area contributed by atoms with Crippen molar-refractivity contribution in [3.63, 3.8) is 0 Å². The first kappa shape index (κ1) is 38.4. The van der Waals surface area contributed by atoms with Crippen LogP contribution >= 0.6 is 0 Å². The van der Waals surface area contributed by atoms with Gasteiger partial charge in [0, 0.05) is 17.9 Å². The smallest absolute Gasteiger partial charge is 0.338 e. The van der Waals surface area contributed by atoms with Crippen LogP contribution < -0.4 is 4.74 Å². The van der Waals surface area contributed by atoms with E-state index in [9.17, 15) is 9.90 Å². The zero-order valence-electron chi connectivity index (χ0n) is 33.9. The molecule has 0 bridgehead atoms. The summed E-state index contributed by atoms with van der Waals surface area (Å²) in [6, 6.07) is 16.3. The number of benzene rings is 2. The van der Waals surface area contributed by atoms with Crippen LogP contribution in [-0.4, -0.2) is 80.1 Å². The number of hydrogen-bond donors (Lipinski definition) is 1. The molecular formula is C47H60O10. The van der Waals surface area contributed by atoms with Crippen molar-refractivity contribution in [2.75, 3.05) is 20.3 Å². The van der Waals surface area contributed by atoms with Gasteiger partial charge >= 0.3 is 5.97 Å². The molecule has 57 heavy (non-hydrogen) atoms. The number of carbonyl (C=O) groups is 1. The van der Waals surface area contributed by atoms with E-state index in [0.717, 1.165) is 62.9 Å². The Hall–Kier alpha value is -2.83. The van der Waals surface area contributed by atoms with Gasteiger partial charge < -0.3 is 43.0 Å². The molecule has 2 aromatic rings. The van der Waals surface area contributed by atoms with E-state index in [1.807, 2.05) is 30.3 Å². The van der Waals surface area contributed by atoms with Gasteiger partial charge in [0.05, 0.1) is 38.1 Å². The molecule has 4 aliphatic heterocycles. The molecule has 3 saturated carbocycles. The first-order valence-corrected chi connectivity index (χ1v) is 21.8. The summed E-state index contributed by atoms with van der Waals surface area (Å²) in [5, 5.41) is 11.9. The third kappa shape index (κ3) is 6.34. The van der Waals surface area contributed by atoms with Crippen molar-refractivity contribution < 1.29 is 47.8 Å². The predicted octanol–water partition coefficient (Wildman–Crippen LogP) is 7.93. The molecule has 0 amide bonds. The quantitative estimate of drug-likeness (QED) is 0.229. The monoisotopic (exact) mass is 784 g/mol. The Bertz CT molecular complexity index is 1810. The average molecular weight is 785 g/mol. The Morgan fingerprint density at radius 3 is 2.53 bits per heavy atom. The fraction of sp³-hybridized carbons (Fsp3) is 0.681. The van der Waals surface area contributed by atoms with E-state index in [-0.39, 0.29) is 29.3 Å². The molecule has 1 N–H and O–H groups in total. The number of methoxy groups -OCH3 is 1. The lowest BCUT2D eigenvalue weighted by Gasteiger charge is -2.58. The molecule has 16 unspecified atom stereocenters. The van der Waals surface area contributed by atoms with Gasteiger partial charge in [-0.05, 0) is 117 Å². The lowest BCUT2D eigenvalue weighted by Crippen LogP contribution is -2.63. The molecule has 10 heteroatoms. The number of rotatable bonds is 6. The van der Waals surface area contributed by atoms with Crippen LogP contribution in [0, 0.1) is 40.4 Å². The zero-order chi connectivity index (χ0) is 39.1. The lowest BCUT2D eigenvalue weighted by atomic mass is 9.47. The van der Waals surface area contributed by atoms with Gasteiger partial charge in [-0.15, -0.1) is 0 Å². The molecule has 16 atom stereocenters. The second kappa shape index (κ2) is 14.7. The van der Waals surface area contributed by atoms with Crippen molar-refractivity contribution >= 4 is 5.97 Å². The maximum absolute atomic E-state index is 13.5. The van der Waals surface area contributed by atoms with E-state index in [1.165, 1.54) is 24.8 Å². The third-order valence-electron chi connectivity index (χ3n) is 16.3. The van der Waals surface area contributed by atoms with Crippen LogP contribution in [0.15, 0.2) is 66.2 Å². The second-order valence-electron chi connectivity index (χ2n) is 18.9. The first-order valence-electron chi connectivity index (χ1n) is 21.8. The molecule has 2 aromatic carbocycles. The highest BCUT2D eigenvalue weighted by Gasteiger charge is 2.68. The minimum atomic E-state index is -1.27. The van der Waals surface area contributed by atoms with Gasteiger partial charge in [-0.3, -0.25) is 0 Å². The van der Waals surface area contributed by atoms with E-state index in [1.54, 1.807) is 31.4 Å². The van der Waals surface area contributed by atoms with Crippen LogP contribution in [0.2, 0.25) is 0 Å². The maximum Gasteiger partial charge on any atom is 0.338 e. The van der Waals surface area contributed by atoms with Crippen molar-refractivity contribution in [1.29, 1.82) is 0 Å². The summed E-state index contributed by atoms with van der Waals surface area (Å²) in [4.78, 5) is 13.5. The molecule has 1 spiro atoms. The molecule has 10 nitrogen and oxygen atoms in total. The maximum atomic E-state index is 13.5. The molecule has 7 fully saturated rings. The minimum Gasteiger partial charge on any atom is -0.497 e. The Kier molecular flexibility index (Phi) is 9.91. The third-order valence-corrected chi connectivity index (χ3v) is 16.3. The fourth-order valence-electron chi connectivity index (χ4n) is 13.4. The van der Waals surface area contributed by atoms with Crippen LogP contribution in [0.3, 0.4) is 0 Å². The number of carbonyl (C=O) groups excluding carboxylic acids is 1. The van der Waals surface area contributed by atoms with Crippen LogP contribution in [0.4, 0.5) is 0 Å². The number of fused-ring (bicyclic) bond motifs is 8. The van der Waals surface area contributed by atoms with Crippen LogP contribution in [0.25, 0.3) is 0 Å². The highest BCUT2D eigenvalue weighted by Crippen LogP contribution is 2.70. The Morgan fingerprint density at radius 1 is 0.930 bits per heavy atom. The summed E-state index contributed by atoms with van der Waals surface area (Å²) in [7, 11) is 1.62. The largest absolute Gasteiger partial charge is 0.497 e. The molecule has 4 saturated heterocycles. The van der Waals surface area contributed by atoms with Gasteiger partial charge in [-0.2, -0.15) is 0 Å². The summed E-state index contributed by atoms with van der Waals surface area (Å²) in [6.45, 7) is 8.55. The molecular weight excluding hydrogens is 725 g/mol. The number of aliphatic hydroxyl groups excluding tert-OH is 1. The van der Waals surface area contributed by atoms with E-state index < -0.39 is 43.0 Å². The number of hydrogen-bond acceptors (Lipinski definition) is 10. The number of allylic oxidation sites excluding steroid dienone is 1. The summed E-state index contributed by atoms with van der Waals surface area (Å²) in [5.41, 5.74) is 3.07. The van der Waals surface area contributed by atoms with Crippen LogP contribution in [0.5, 0.6) is 5.75 Å². The molecule has 0 radical (unpaired) electrons. The topological polar surface area (TPSA) is 111 Å². The van der Waals surface area contributed by atoms with Crippen molar-refractivity contribution in [2.45, 2.75) is 140 Å². The van der Waals surface area contributed by atoms with Gasteiger partial charge in [-0.25, -0.2) is 4.79 Å². The van der Waals surface area contributed by atoms with E-state index in [4.69, 9.17) is 37.9 Å². The summed E-state index contributed by atoms with van der Waals surface area (Å²) in [6.07, 6.45) is 8.12. The van der Waals surface area contributed by atoms with E-state index in [0.29, 0.717) is 41.3 Å². The summed E-state index contributed by atoms with van der Waals surface area (Å²) >= 11 is 0. The van der Waals surface area contributed by atoms with Crippen molar-refractivity contribution in [1.82, 2.24) is 0 Å². The van der Waals surface area contributed by atoms with Crippen molar-refractivity contribution in [3.8, 4) is 5.75 Å². The van der Waals surface area contributed by atoms with Crippen LogP contribution in [0.1, 0.15) is 107 Å². The van der Waals surface area contributed by atoms with Crippen molar-refractivity contribution in [3.05, 3.63) is 77.4 Å². The Balaban J connectivity index is 0.838. The predicted molar refractivity (Wildman–Crippen MR) is 209 cm³/mol. The minimum absolute atomic E-state index is 0.119. The second-order valence-corrected chi connectivity index (χ2v) is 18.9. The van der Waals surface area contributed by atoms with Gasteiger partial charge in [0.2, 0.25) is 0 Å². The normalized spacial score (nSPS) is 46.1. The Labute approximate surface area is 336 Å². The van der Waals surface area contributed by atoms with Gasteiger partial charge in [0.25, 0.3) is 0 Å². The number of esters is 1. The van der Waals surface area contributed by atoms with Gasteiger partial charge in [0.15, 0.2) is 24.5 Å². The number of aliphatic hydroxyl groups is 1. The SMILES string of the molecule is COc1ccc(C2OCC3OC(OC4CCC5(C)C(=CCC6C5CCC5(C)C6CC6OC7(CCCCO7)C(C)C65)C4)C(O)C(OC(=O)c4ccccc4)C3O2)cc1. The number of ether oxygens (including phenoxy) is 8. The highest BCUT2D eigenvalue weighted by atomic mass is 16.8. The van der Waals surface area contributed by atoms with Crippen molar-refractivity contribution in [2.24, 2.45) is 40.4 Å². The fourth-order valence-corrected chi connectivity index (χ4v) is 13.4. The molecule has 308 valence electrons. The Morgan fingerprint density at radius 2 is 1.75 bits per heavy atom. The molecule has 4 heterocycles. The standard InChI is InChI=1S/C47H60O10/c1-27-38-36(57-47(27)20-8-9-23-52-47)25-35-33-17-14-30-24-32(18-21-45(30,2)34(33)19-22-46(35,38)3)53-44-39(48)41(55-42(49)28-10-6-5-7-11-28)40-37(54-44)26-51-43(56-40)29-12-15-31(50-4)16-13-29/h5-7,10-16,27,32-41,43-44,48H,8-9,17-26H2,1-4H3. The molecule has 8 aliphatic rings. The van der Waals surface area contributed by atoms with Gasteiger partial charge in [0.1, 0.15) is 24.1 Å². The summed E-state index contributed by atoms with van der Waals surface area (Å²) < 4.78 is 50.6. The summed E-state index contributed by atoms with van der Waals surface area (Å²) in [5.74, 6) is 2.78. The average Bonchev–Trinajstić information content (AvgIpc) is 3.68. The van der Waals surface area contributed by atoms with Gasteiger partial charge in [-0.1, -0.05) is 62.8 Å². The highest BCUT2D eigenvalue weighted by molar-refractivity contribution is 5.89. The molecule has 0 aromatic heterocycles. The first-order chi connectivity index (χ1) is 27.6. The molecule has 4 aliphatic carbocycles. The van der Waals surface area contributed by atoms with E-state index in [2.05, 4.69) is 26.8 Å². The lowest BCUT2D eigenvalue weighted by molar-refractivity contribution is -0.366. The van der Waals surface area contributed by atoms with E-state index >= 15 is 0 Å².